The fourth-order valence-corrected chi connectivity index (χ4v) is 4.01. The molecule has 1 unspecified atom stereocenters. The third-order valence-corrected chi connectivity index (χ3v) is 5.75. The molecule has 1 aromatic carbocycles. The molecule has 0 bridgehead atoms. The molecule has 0 saturated heterocycles. The van der Waals surface area contributed by atoms with Crippen molar-refractivity contribution in [2.45, 2.75) is 58.5 Å². The lowest BCUT2D eigenvalue weighted by molar-refractivity contribution is -0.137. The molecule has 1 heterocycles. The van der Waals surface area contributed by atoms with Crippen LogP contribution in [0.5, 0.6) is 0 Å². The Morgan fingerprint density at radius 3 is 2.69 bits per heavy atom. The molecular formula is C20H26ClN3O2. The Hall–Kier alpha value is -1.88. The van der Waals surface area contributed by atoms with Crippen LogP contribution >= 0.6 is 11.6 Å². The van der Waals surface area contributed by atoms with Crippen molar-refractivity contribution in [1.29, 1.82) is 0 Å². The first kappa shape index (κ1) is 18.9. The van der Waals surface area contributed by atoms with Crippen molar-refractivity contribution in [1.82, 2.24) is 14.5 Å². The van der Waals surface area contributed by atoms with Crippen molar-refractivity contribution < 1.29 is 4.79 Å². The number of nitrogens with zero attached hydrogens (tertiary/aromatic N) is 3. The van der Waals surface area contributed by atoms with Gasteiger partial charge in [0.15, 0.2) is 0 Å². The molecular weight excluding hydrogens is 350 g/mol. The second-order valence-corrected chi connectivity index (χ2v) is 7.58. The first-order valence-corrected chi connectivity index (χ1v) is 9.78. The van der Waals surface area contributed by atoms with E-state index in [1.807, 2.05) is 20.9 Å². The Labute approximate surface area is 159 Å². The van der Waals surface area contributed by atoms with Crippen LogP contribution in [0.15, 0.2) is 23.0 Å². The summed E-state index contributed by atoms with van der Waals surface area (Å²) in [7, 11) is 1.82. The molecule has 1 fully saturated rings. The molecule has 1 amide bonds. The number of hydrogen-bond acceptors (Lipinski definition) is 3. The molecule has 2 aromatic rings. The zero-order chi connectivity index (χ0) is 18.8. The van der Waals surface area contributed by atoms with Crippen LogP contribution in [0.4, 0.5) is 0 Å². The number of benzene rings is 1. The number of carbonyl (C=O) groups is 1. The average molecular weight is 376 g/mol. The van der Waals surface area contributed by atoms with Crippen LogP contribution < -0.4 is 5.56 Å². The lowest BCUT2D eigenvalue weighted by atomic mass is 9.88. The molecule has 5 nitrogen and oxygen atoms in total. The maximum absolute atomic E-state index is 12.9. The number of carbonyl (C=O) groups excluding carboxylic acids is 1. The summed E-state index contributed by atoms with van der Waals surface area (Å²) >= 11 is 6.04. The van der Waals surface area contributed by atoms with Crippen molar-refractivity contribution >= 4 is 28.4 Å². The van der Waals surface area contributed by atoms with Crippen LogP contribution in [-0.2, 0) is 11.3 Å². The quantitative estimate of drug-likeness (QED) is 0.805. The predicted octanol–water partition coefficient (Wildman–Crippen LogP) is 4.17. The van der Waals surface area contributed by atoms with Gasteiger partial charge in [-0.3, -0.25) is 14.2 Å². The van der Waals surface area contributed by atoms with Gasteiger partial charge < -0.3 is 4.90 Å². The number of hydrogen-bond donors (Lipinski definition) is 0. The van der Waals surface area contributed by atoms with Crippen molar-refractivity contribution in [3.8, 4) is 0 Å². The fraction of sp³-hybridized carbons (Fsp3) is 0.550. The molecule has 3 rings (SSSR count). The first-order chi connectivity index (χ1) is 12.4. The second kappa shape index (κ2) is 7.78. The monoisotopic (exact) mass is 375 g/mol. The largest absolute Gasteiger partial charge is 0.336 e. The van der Waals surface area contributed by atoms with Gasteiger partial charge in [0.2, 0.25) is 5.91 Å². The number of rotatable bonds is 4. The molecule has 1 aromatic heterocycles. The maximum atomic E-state index is 12.9. The van der Waals surface area contributed by atoms with E-state index in [1.165, 1.54) is 6.42 Å². The maximum Gasteiger partial charge on any atom is 0.261 e. The molecule has 1 aliphatic rings. The van der Waals surface area contributed by atoms with Gasteiger partial charge in [0.1, 0.15) is 5.82 Å². The van der Waals surface area contributed by atoms with Crippen LogP contribution in [0.1, 0.15) is 57.8 Å². The number of fused-ring (bicyclic) bond motifs is 1. The summed E-state index contributed by atoms with van der Waals surface area (Å²) in [6, 6.07) is 4.89. The molecule has 0 radical (unpaired) electrons. The summed E-state index contributed by atoms with van der Waals surface area (Å²) < 4.78 is 1.65. The highest BCUT2D eigenvalue weighted by atomic mass is 35.5. The van der Waals surface area contributed by atoms with Crippen LogP contribution in [0.2, 0.25) is 5.02 Å². The van der Waals surface area contributed by atoms with Gasteiger partial charge in [0.05, 0.1) is 16.9 Å². The number of halogens is 1. The van der Waals surface area contributed by atoms with Crippen molar-refractivity contribution in [2.24, 2.45) is 5.92 Å². The minimum atomic E-state index is -0.267. The highest BCUT2D eigenvalue weighted by molar-refractivity contribution is 6.31. The smallest absolute Gasteiger partial charge is 0.261 e. The van der Waals surface area contributed by atoms with Crippen molar-refractivity contribution in [3.05, 3.63) is 39.4 Å². The number of amides is 1. The van der Waals surface area contributed by atoms with E-state index in [-0.39, 0.29) is 23.4 Å². The lowest BCUT2D eigenvalue weighted by Crippen LogP contribution is -2.38. The zero-order valence-corrected chi connectivity index (χ0v) is 16.4. The normalized spacial score (nSPS) is 16.6. The first-order valence-electron chi connectivity index (χ1n) is 9.40. The molecule has 1 atom stereocenters. The van der Waals surface area contributed by atoms with Gasteiger partial charge in [-0.05, 0) is 44.9 Å². The predicted molar refractivity (Wildman–Crippen MR) is 104 cm³/mol. The minimum absolute atomic E-state index is 0.0947. The molecule has 1 aliphatic carbocycles. The van der Waals surface area contributed by atoms with E-state index in [1.54, 1.807) is 27.7 Å². The van der Waals surface area contributed by atoms with Gasteiger partial charge >= 0.3 is 0 Å². The van der Waals surface area contributed by atoms with Crippen LogP contribution in [0, 0.1) is 5.92 Å². The summed E-state index contributed by atoms with van der Waals surface area (Å²) in [5.74, 6) is 0.876. The van der Waals surface area contributed by atoms with E-state index in [2.05, 4.69) is 0 Å². The Morgan fingerprint density at radius 1 is 1.35 bits per heavy atom. The average Bonchev–Trinajstić information content (AvgIpc) is 2.67. The zero-order valence-electron chi connectivity index (χ0n) is 15.7. The van der Waals surface area contributed by atoms with E-state index in [0.717, 1.165) is 25.7 Å². The highest BCUT2D eigenvalue weighted by Gasteiger charge is 2.29. The fourth-order valence-electron chi connectivity index (χ4n) is 3.84. The Bertz CT molecular complexity index is 871. The summed E-state index contributed by atoms with van der Waals surface area (Å²) in [6.07, 6.45) is 5.37. The Kier molecular flexibility index (Phi) is 5.66. The van der Waals surface area contributed by atoms with Gasteiger partial charge in [-0.25, -0.2) is 4.98 Å². The van der Waals surface area contributed by atoms with Crippen LogP contribution in [0.3, 0.4) is 0 Å². The van der Waals surface area contributed by atoms with Gasteiger partial charge in [-0.15, -0.1) is 0 Å². The van der Waals surface area contributed by atoms with E-state index >= 15 is 0 Å². The Balaban J connectivity index is 1.99. The summed E-state index contributed by atoms with van der Waals surface area (Å²) in [5, 5.41) is 1.03. The molecule has 6 heteroatoms. The molecule has 140 valence electrons. The third-order valence-electron chi connectivity index (χ3n) is 5.52. The van der Waals surface area contributed by atoms with Gasteiger partial charge in [-0.2, -0.15) is 0 Å². The minimum Gasteiger partial charge on any atom is -0.336 e. The summed E-state index contributed by atoms with van der Waals surface area (Å²) in [4.78, 5) is 32.3. The summed E-state index contributed by atoms with van der Waals surface area (Å²) in [5.41, 5.74) is 0.504. The Morgan fingerprint density at radius 2 is 2.04 bits per heavy atom. The van der Waals surface area contributed by atoms with Crippen LogP contribution in [0.25, 0.3) is 10.9 Å². The van der Waals surface area contributed by atoms with E-state index < -0.39 is 0 Å². The van der Waals surface area contributed by atoms with Gasteiger partial charge in [-0.1, -0.05) is 30.9 Å². The van der Waals surface area contributed by atoms with Crippen molar-refractivity contribution in [2.75, 3.05) is 7.05 Å². The molecule has 0 spiro atoms. The SMILES string of the molecule is CCn1c(C(C)N(C)C(=O)C2CCCCC2)nc2ccc(Cl)cc2c1=O. The van der Waals surface area contributed by atoms with E-state index in [9.17, 15) is 9.59 Å². The van der Waals surface area contributed by atoms with E-state index in [0.29, 0.717) is 28.3 Å². The second-order valence-electron chi connectivity index (χ2n) is 7.14. The molecule has 1 saturated carbocycles. The standard InChI is InChI=1S/C20H26ClN3O2/c1-4-24-18(22-17-11-10-15(21)12-16(17)20(24)26)13(2)23(3)19(25)14-8-6-5-7-9-14/h10-14H,4-9H2,1-3H3. The molecule has 26 heavy (non-hydrogen) atoms. The molecule has 0 N–H and O–H groups in total. The third kappa shape index (κ3) is 3.50. The van der Waals surface area contributed by atoms with Crippen molar-refractivity contribution in [3.63, 3.8) is 0 Å². The number of aromatic nitrogens is 2. The highest BCUT2D eigenvalue weighted by Crippen LogP contribution is 2.28. The van der Waals surface area contributed by atoms with Crippen LogP contribution in [-0.4, -0.2) is 27.4 Å². The van der Waals surface area contributed by atoms with E-state index in [4.69, 9.17) is 16.6 Å². The topological polar surface area (TPSA) is 55.2 Å². The summed E-state index contributed by atoms with van der Waals surface area (Å²) in [6.45, 7) is 4.36. The lowest BCUT2D eigenvalue weighted by Gasteiger charge is -2.31. The molecule has 0 aliphatic heterocycles. The van der Waals surface area contributed by atoms with Gasteiger partial charge in [0, 0.05) is 24.5 Å². The van der Waals surface area contributed by atoms with Gasteiger partial charge in [0.25, 0.3) is 5.56 Å².